The minimum atomic E-state index is -0.494. The minimum Gasteiger partial charge on any atom is -0.490 e. The fourth-order valence-corrected chi connectivity index (χ4v) is 1.60. The van der Waals surface area contributed by atoms with Gasteiger partial charge < -0.3 is 21.5 Å². The predicted octanol–water partition coefficient (Wildman–Crippen LogP) is 1.25. The second-order valence-electron chi connectivity index (χ2n) is 4.11. The number of benzene rings is 1. The van der Waals surface area contributed by atoms with E-state index < -0.39 is 5.91 Å². The van der Waals surface area contributed by atoms with Crippen LogP contribution in [0, 0.1) is 0 Å². The van der Waals surface area contributed by atoms with Gasteiger partial charge in [0.05, 0.1) is 17.8 Å². The molecule has 0 atom stereocenters. The quantitative estimate of drug-likeness (QED) is 0.542. The Morgan fingerprint density at radius 1 is 1.25 bits per heavy atom. The highest BCUT2D eigenvalue weighted by atomic mass is 16.5. The Hall–Kier alpha value is -2.76. The topological polar surface area (TPSA) is 103 Å². The third kappa shape index (κ3) is 3.61. The van der Waals surface area contributed by atoms with Crippen molar-refractivity contribution in [3.8, 4) is 5.75 Å². The highest BCUT2D eigenvalue weighted by Crippen LogP contribution is 2.19. The lowest BCUT2D eigenvalue weighted by atomic mass is 10.3. The van der Waals surface area contributed by atoms with Gasteiger partial charge in [-0.25, -0.2) is 4.98 Å². The van der Waals surface area contributed by atoms with E-state index in [0.29, 0.717) is 36.0 Å². The number of carbonyl (C=O) groups is 1. The summed E-state index contributed by atoms with van der Waals surface area (Å²) in [6.45, 7) is 1.02. The molecule has 0 bridgehead atoms. The Morgan fingerprint density at radius 2 is 2.05 bits per heavy atom. The molecule has 1 aromatic carbocycles. The highest BCUT2D eigenvalue weighted by Gasteiger charge is 2.01. The molecule has 0 aliphatic carbocycles. The van der Waals surface area contributed by atoms with Crippen molar-refractivity contribution in [1.82, 2.24) is 4.98 Å². The monoisotopic (exact) mass is 272 g/mol. The van der Waals surface area contributed by atoms with Gasteiger partial charge in [-0.2, -0.15) is 0 Å². The Morgan fingerprint density at radius 3 is 2.70 bits per heavy atom. The summed E-state index contributed by atoms with van der Waals surface area (Å²) in [4.78, 5) is 15.0. The molecule has 0 radical (unpaired) electrons. The molecule has 6 nitrogen and oxygen atoms in total. The maximum Gasteiger partial charge on any atom is 0.250 e. The van der Waals surface area contributed by atoms with Crippen LogP contribution in [0.1, 0.15) is 10.4 Å². The normalized spacial score (nSPS) is 10.0. The molecule has 0 saturated heterocycles. The van der Waals surface area contributed by atoms with Crippen molar-refractivity contribution in [2.45, 2.75) is 0 Å². The van der Waals surface area contributed by atoms with Gasteiger partial charge in [-0.05, 0) is 24.3 Å². The van der Waals surface area contributed by atoms with E-state index in [1.54, 1.807) is 18.2 Å². The molecule has 0 aliphatic heterocycles. The number of amides is 1. The van der Waals surface area contributed by atoms with Crippen LogP contribution in [-0.4, -0.2) is 24.0 Å². The average Bonchev–Trinajstić information content (AvgIpc) is 2.46. The SMILES string of the molecule is NC(=O)c1ccc(NCCOc2ccccc2N)nc1. The maximum absolute atomic E-state index is 10.9. The lowest BCUT2D eigenvalue weighted by molar-refractivity contribution is 0.1000. The van der Waals surface area contributed by atoms with Crippen molar-refractivity contribution in [2.24, 2.45) is 5.73 Å². The van der Waals surface area contributed by atoms with Crippen LogP contribution < -0.4 is 21.5 Å². The van der Waals surface area contributed by atoms with Crippen LogP contribution in [0.3, 0.4) is 0 Å². The van der Waals surface area contributed by atoms with E-state index in [9.17, 15) is 4.79 Å². The van der Waals surface area contributed by atoms with E-state index in [2.05, 4.69) is 10.3 Å². The molecule has 0 saturated carbocycles. The van der Waals surface area contributed by atoms with E-state index >= 15 is 0 Å². The van der Waals surface area contributed by atoms with Gasteiger partial charge in [0.15, 0.2) is 0 Å². The first-order valence-electron chi connectivity index (χ1n) is 6.14. The Labute approximate surface area is 116 Å². The molecular weight excluding hydrogens is 256 g/mol. The molecule has 0 unspecified atom stereocenters. The molecule has 1 aromatic heterocycles. The summed E-state index contributed by atoms with van der Waals surface area (Å²) in [5.74, 6) is 0.818. The van der Waals surface area contributed by atoms with Gasteiger partial charge >= 0.3 is 0 Å². The van der Waals surface area contributed by atoms with Crippen molar-refractivity contribution in [3.63, 3.8) is 0 Å². The smallest absolute Gasteiger partial charge is 0.250 e. The van der Waals surface area contributed by atoms with E-state index in [0.717, 1.165) is 0 Å². The van der Waals surface area contributed by atoms with Crippen molar-refractivity contribution in [3.05, 3.63) is 48.2 Å². The van der Waals surface area contributed by atoms with Crippen LogP contribution in [0.5, 0.6) is 5.75 Å². The van der Waals surface area contributed by atoms with Crippen LogP contribution in [0.25, 0.3) is 0 Å². The van der Waals surface area contributed by atoms with E-state index in [4.69, 9.17) is 16.2 Å². The number of para-hydroxylation sites is 2. The zero-order valence-corrected chi connectivity index (χ0v) is 10.9. The molecule has 1 amide bonds. The second kappa shape index (κ2) is 6.42. The molecular formula is C14H16N4O2. The predicted molar refractivity (Wildman–Crippen MR) is 77.6 cm³/mol. The summed E-state index contributed by atoms with van der Waals surface area (Å²) in [6.07, 6.45) is 1.43. The number of primary amides is 1. The fourth-order valence-electron chi connectivity index (χ4n) is 1.60. The summed E-state index contributed by atoms with van der Waals surface area (Å²) in [7, 11) is 0. The third-order valence-corrected chi connectivity index (χ3v) is 2.63. The first-order valence-corrected chi connectivity index (χ1v) is 6.14. The van der Waals surface area contributed by atoms with Crippen LogP contribution in [-0.2, 0) is 0 Å². The van der Waals surface area contributed by atoms with Gasteiger partial charge in [0.25, 0.3) is 0 Å². The van der Waals surface area contributed by atoms with Gasteiger partial charge in [-0.3, -0.25) is 4.79 Å². The molecule has 20 heavy (non-hydrogen) atoms. The lowest BCUT2D eigenvalue weighted by Gasteiger charge is -2.09. The van der Waals surface area contributed by atoms with Crippen molar-refractivity contribution in [2.75, 3.05) is 24.2 Å². The van der Waals surface area contributed by atoms with Gasteiger partial charge in [-0.15, -0.1) is 0 Å². The first-order chi connectivity index (χ1) is 9.66. The number of nitrogens with one attached hydrogen (secondary N) is 1. The van der Waals surface area contributed by atoms with Crippen molar-refractivity contribution < 1.29 is 9.53 Å². The van der Waals surface area contributed by atoms with Gasteiger partial charge in [0.1, 0.15) is 18.2 Å². The van der Waals surface area contributed by atoms with E-state index in [1.165, 1.54) is 6.20 Å². The number of ether oxygens (including phenoxy) is 1. The van der Waals surface area contributed by atoms with Gasteiger partial charge in [-0.1, -0.05) is 12.1 Å². The van der Waals surface area contributed by atoms with Crippen molar-refractivity contribution >= 4 is 17.4 Å². The average molecular weight is 272 g/mol. The maximum atomic E-state index is 10.9. The number of anilines is 2. The molecule has 2 rings (SSSR count). The summed E-state index contributed by atoms with van der Waals surface area (Å²) in [6, 6.07) is 10.6. The minimum absolute atomic E-state index is 0.379. The Bertz CT molecular complexity index is 584. The summed E-state index contributed by atoms with van der Waals surface area (Å²) >= 11 is 0. The summed E-state index contributed by atoms with van der Waals surface area (Å²) in [5, 5.41) is 3.07. The molecule has 1 heterocycles. The molecule has 104 valence electrons. The number of carbonyl (C=O) groups excluding carboxylic acids is 1. The number of nitrogens with two attached hydrogens (primary N) is 2. The standard InChI is InChI=1S/C14H16N4O2/c15-11-3-1-2-4-12(11)20-8-7-17-13-6-5-10(9-18-13)14(16)19/h1-6,9H,7-8,15H2,(H2,16,19)(H,17,18). The van der Waals surface area contributed by atoms with Crippen LogP contribution in [0.15, 0.2) is 42.6 Å². The van der Waals surface area contributed by atoms with Crippen LogP contribution in [0.2, 0.25) is 0 Å². The van der Waals surface area contributed by atoms with Crippen LogP contribution >= 0.6 is 0 Å². The molecule has 0 aliphatic rings. The number of pyridine rings is 1. The fraction of sp³-hybridized carbons (Fsp3) is 0.143. The molecule has 0 spiro atoms. The number of nitrogen functional groups attached to an aromatic ring is 1. The Kier molecular flexibility index (Phi) is 4.39. The Balaban J connectivity index is 1.79. The number of aromatic nitrogens is 1. The largest absolute Gasteiger partial charge is 0.490 e. The molecule has 2 aromatic rings. The number of rotatable bonds is 6. The first kappa shape index (κ1) is 13.7. The molecule has 0 fully saturated rings. The molecule has 5 N–H and O–H groups in total. The lowest BCUT2D eigenvalue weighted by Crippen LogP contribution is -2.14. The zero-order chi connectivity index (χ0) is 14.4. The number of hydrogen-bond acceptors (Lipinski definition) is 5. The third-order valence-electron chi connectivity index (χ3n) is 2.63. The zero-order valence-electron chi connectivity index (χ0n) is 10.9. The van der Waals surface area contributed by atoms with Gasteiger partial charge in [0, 0.05) is 6.20 Å². The number of hydrogen-bond donors (Lipinski definition) is 3. The van der Waals surface area contributed by atoms with Gasteiger partial charge in [0.2, 0.25) is 5.91 Å². The summed E-state index contributed by atoms with van der Waals surface area (Å²) in [5.41, 5.74) is 11.9. The highest BCUT2D eigenvalue weighted by molar-refractivity contribution is 5.92. The summed E-state index contributed by atoms with van der Waals surface area (Å²) < 4.78 is 5.53. The van der Waals surface area contributed by atoms with E-state index in [1.807, 2.05) is 18.2 Å². The number of nitrogens with zero attached hydrogens (tertiary/aromatic N) is 1. The molecule has 6 heteroatoms. The van der Waals surface area contributed by atoms with Crippen molar-refractivity contribution in [1.29, 1.82) is 0 Å². The second-order valence-corrected chi connectivity index (χ2v) is 4.11. The van der Waals surface area contributed by atoms with E-state index in [-0.39, 0.29) is 0 Å². The van der Waals surface area contributed by atoms with Crippen LogP contribution in [0.4, 0.5) is 11.5 Å².